The Morgan fingerprint density at radius 3 is 2.71 bits per heavy atom. The molecule has 2 heterocycles. The van der Waals surface area contributed by atoms with E-state index in [4.69, 9.17) is 27.9 Å². The lowest BCUT2D eigenvalue weighted by molar-refractivity contribution is 0.144. The maximum atomic E-state index is 12.5. The Kier molecular flexibility index (Phi) is 8.00. The van der Waals surface area contributed by atoms with E-state index < -0.39 is 0 Å². The molecule has 1 aromatic heterocycles. The summed E-state index contributed by atoms with van der Waals surface area (Å²) in [6, 6.07) is 10.9. The number of hydrogen-bond acceptors (Lipinski definition) is 4. The number of halogens is 2. The summed E-state index contributed by atoms with van der Waals surface area (Å²) in [7, 11) is 1.73. The Bertz CT molecular complexity index is 769. The van der Waals surface area contributed by atoms with E-state index in [-0.39, 0.29) is 18.0 Å². The van der Waals surface area contributed by atoms with Gasteiger partial charge in [0.25, 0.3) is 0 Å². The van der Waals surface area contributed by atoms with Gasteiger partial charge in [-0.1, -0.05) is 23.2 Å². The standard InChI is InChI=1S/C20H25Cl2N3O2S/c1-27-12-2-10-25-11-9-17(16(13-25)18-7-8-19(22)28-18)24-20(26)23-15-5-3-14(21)4-6-15/h3-8,16-17H,2,9-13H2,1H3,(H2,23,24,26). The molecule has 1 saturated heterocycles. The molecule has 2 amide bonds. The van der Waals surface area contributed by atoms with Gasteiger partial charge in [-0.3, -0.25) is 0 Å². The first-order valence-corrected chi connectivity index (χ1v) is 10.9. The van der Waals surface area contributed by atoms with Crippen molar-refractivity contribution in [3.63, 3.8) is 0 Å². The molecule has 2 unspecified atom stereocenters. The van der Waals surface area contributed by atoms with E-state index in [1.54, 1.807) is 42.7 Å². The molecule has 1 aliphatic rings. The summed E-state index contributed by atoms with van der Waals surface area (Å²) < 4.78 is 5.94. The zero-order chi connectivity index (χ0) is 19.9. The number of ether oxygens (including phenoxy) is 1. The molecular weight excluding hydrogens is 417 g/mol. The molecule has 3 rings (SSSR count). The highest BCUT2D eigenvalue weighted by molar-refractivity contribution is 7.16. The van der Waals surface area contributed by atoms with Gasteiger partial charge in [-0.15, -0.1) is 11.3 Å². The number of thiophene rings is 1. The van der Waals surface area contributed by atoms with Gasteiger partial charge in [0.1, 0.15) is 0 Å². The number of carbonyl (C=O) groups excluding carboxylic acids is 1. The van der Waals surface area contributed by atoms with Gasteiger partial charge in [-0.05, 0) is 49.2 Å². The summed E-state index contributed by atoms with van der Waals surface area (Å²) in [4.78, 5) is 16.2. The molecule has 0 bridgehead atoms. The van der Waals surface area contributed by atoms with Crippen LogP contribution in [0.1, 0.15) is 23.6 Å². The minimum Gasteiger partial charge on any atom is -0.385 e. The largest absolute Gasteiger partial charge is 0.385 e. The van der Waals surface area contributed by atoms with Gasteiger partial charge in [-0.2, -0.15) is 0 Å². The molecule has 1 fully saturated rings. The second-order valence-corrected chi connectivity index (χ2v) is 9.08. The van der Waals surface area contributed by atoms with Crippen LogP contribution in [0.2, 0.25) is 9.36 Å². The maximum Gasteiger partial charge on any atom is 0.319 e. The number of nitrogens with one attached hydrogen (secondary N) is 2. The SMILES string of the molecule is COCCCN1CCC(NC(=O)Nc2ccc(Cl)cc2)C(c2ccc(Cl)s2)C1. The molecular formula is C20H25Cl2N3O2S. The van der Waals surface area contributed by atoms with Crippen LogP contribution in [0.5, 0.6) is 0 Å². The van der Waals surface area contributed by atoms with Crippen molar-refractivity contribution in [2.24, 2.45) is 0 Å². The quantitative estimate of drug-likeness (QED) is 0.589. The van der Waals surface area contributed by atoms with Gasteiger partial charge in [0, 0.05) is 60.9 Å². The lowest BCUT2D eigenvalue weighted by Crippen LogP contribution is -2.50. The predicted molar refractivity (Wildman–Crippen MR) is 117 cm³/mol. The summed E-state index contributed by atoms with van der Waals surface area (Å²) in [5.41, 5.74) is 0.717. The first-order chi connectivity index (χ1) is 13.5. The third kappa shape index (κ3) is 6.09. The Hall–Kier alpha value is -1.31. The van der Waals surface area contributed by atoms with E-state index in [1.807, 2.05) is 6.07 Å². The monoisotopic (exact) mass is 441 g/mol. The van der Waals surface area contributed by atoms with Crippen molar-refractivity contribution in [3.05, 3.63) is 50.6 Å². The summed E-state index contributed by atoms with van der Waals surface area (Å²) in [5, 5.41) is 6.68. The number of urea groups is 1. The highest BCUT2D eigenvalue weighted by atomic mass is 35.5. The fourth-order valence-corrected chi connectivity index (χ4v) is 4.86. The van der Waals surface area contributed by atoms with Crippen LogP contribution in [0.4, 0.5) is 10.5 Å². The third-order valence-electron chi connectivity index (χ3n) is 4.90. The van der Waals surface area contributed by atoms with Crippen molar-refractivity contribution in [1.29, 1.82) is 0 Å². The van der Waals surface area contributed by atoms with Gasteiger partial charge in [0.15, 0.2) is 0 Å². The van der Waals surface area contributed by atoms with Gasteiger partial charge in [-0.25, -0.2) is 4.79 Å². The van der Waals surface area contributed by atoms with Crippen LogP contribution in [0.3, 0.4) is 0 Å². The molecule has 2 aromatic rings. The van der Waals surface area contributed by atoms with E-state index in [0.717, 1.165) is 49.1 Å². The fraction of sp³-hybridized carbons (Fsp3) is 0.450. The van der Waals surface area contributed by atoms with E-state index in [2.05, 4.69) is 21.6 Å². The van der Waals surface area contributed by atoms with E-state index in [9.17, 15) is 4.79 Å². The number of piperidine rings is 1. The van der Waals surface area contributed by atoms with Crippen molar-refractivity contribution in [3.8, 4) is 0 Å². The first-order valence-electron chi connectivity index (χ1n) is 9.35. The van der Waals surface area contributed by atoms with Gasteiger partial charge < -0.3 is 20.3 Å². The molecule has 152 valence electrons. The molecule has 1 aliphatic heterocycles. The number of amides is 2. The molecule has 0 radical (unpaired) electrons. The van der Waals surface area contributed by atoms with Crippen LogP contribution in [-0.2, 0) is 4.74 Å². The molecule has 2 atom stereocenters. The van der Waals surface area contributed by atoms with Gasteiger partial charge in [0.2, 0.25) is 0 Å². The number of carbonyl (C=O) groups is 1. The summed E-state index contributed by atoms with van der Waals surface area (Å²) in [6.45, 7) is 3.60. The minimum atomic E-state index is -0.201. The van der Waals surface area contributed by atoms with Crippen LogP contribution in [0, 0.1) is 0 Å². The molecule has 1 aromatic carbocycles. The third-order valence-corrected chi connectivity index (χ3v) is 6.51. The zero-order valence-electron chi connectivity index (χ0n) is 15.8. The summed E-state index contributed by atoms with van der Waals surface area (Å²) in [6.07, 6.45) is 1.89. The predicted octanol–water partition coefficient (Wildman–Crippen LogP) is 5.07. The van der Waals surface area contributed by atoms with E-state index in [1.165, 1.54) is 4.88 Å². The Labute approximate surface area is 180 Å². The Morgan fingerprint density at radius 1 is 1.25 bits per heavy atom. The summed E-state index contributed by atoms with van der Waals surface area (Å²) >= 11 is 13.7. The average Bonchev–Trinajstić information content (AvgIpc) is 3.11. The zero-order valence-corrected chi connectivity index (χ0v) is 18.1. The number of anilines is 1. The molecule has 0 saturated carbocycles. The highest BCUT2D eigenvalue weighted by Gasteiger charge is 2.32. The maximum absolute atomic E-state index is 12.5. The summed E-state index contributed by atoms with van der Waals surface area (Å²) in [5.74, 6) is 0.213. The molecule has 2 N–H and O–H groups in total. The number of nitrogens with zero attached hydrogens (tertiary/aromatic N) is 1. The number of methoxy groups -OCH3 is 1. The van der Waals surface area contributed by atoms with Crippen LogP contribution < -0.4 is 10.6 Å². The van der Waals surface area contributed by atoms with Crippen molar-refractivity contribution in [1.82, 2.24) is 10.2 Å². The molecule has 5 nitrogen and oxygen atoms in total. The minimum absolute atomic E-state index is 0.0562. The van der Waals surface area contributed by atoms with Gasteiger partial charge in [0.05, 0.1) is 4.34 Å². The number of likely N-dealkylation sites (tertiary alicyclic amines) is 1. The topological polar surface area (TPSA) is 53.6 Å². The lowest BCUT2D eigenvalue weighted by atomic mass is 9.90. The molecule has 0 spiro atoms. The van der Waals surface area contributed by atoms with Crippen molar-refractivity contribution >= 4 is 46.3 Å². The number of benzene rings is 1. The Morgan fingerprint density at radius 2 is 2.04 bits per heavy atom. The smallest absolute Gasteiger partial charge is 0.319 e. The van der Waals surface area contributed by atoms with Crippen LogP contribution in [0.15, 0.2) is 36.4 Å². The number of rotatable bonds is 7. The first kappa shape index (κ1) is 21.4. The molecule has 8 heteroatoms. The molecule has 0 aliphatic carbocycles. The second kappa shape index (κ2) is 10.5. The fourth-order valence-electron chi connectivity index (χ4n) is 3.51. The Balaban J connectivity index is 1.64. The van der Waals surface area contributed by atoms with Crippen LogP contribution >= 0.6 is 34.5 Å². The lowest BCUT2D eigenvalue weighted by Gasteiger charge is -2.38. The van der Waals surface area contributed by atoms with Gasteiger partial charge >= 0.3 is 6.03 Å². The second-order valence-electron chi connectivity index (χ2n) is 6.90. The van der Waals surface area contributed by atoms with E-state index >= 15 is 0 Å². The average molecular weight is 442 g/mol. The van der Waals surface area contributed by atoms with E-state index in [0.29, 0.717) is 5.02 Å². The number of hydrogen-bond donors (Lipinski definition) is 2. The van der Waals surface area contributed by atoms with Crippen LogP contribution in [-0.4, -0.2) is 50.3 Å². The van der Waals surface area contributed by atoms with Crippen LogP contribution in [0.25, 0.3) is 0 Å². The highest BCUT2D eigenvalue weighted by Crippen LogP contribution is 2.34. The van der Waals surface area contributed by atoms with Crippen molar-refractivity contribution in [2.45, 2.75) is 24.8 Å². The van der Waals surface area contributed by atoms with Crippen molar-refractivity contribution < 1.29 is 9.53 Å². The normalized spacial score (nSPS) is 20.1. The molecule has 28 heavy (non-hydrogen) atoms. The van der Waals surface area contributed by atoms with Crippen molar-refractivity contribution in [2.75, 3.05) is 38.7 Å².